The molecular weight excluding hydrogens is 366 g/mol. The summed E-state index contributed by atoms with van der Waals surface area (Å²) in [6.07, 6.45) is 1.41. The van der Waals surface area contributed by atoms with Crippen LogP contribution in [0.3, 0.4) is 0 Å². The molecule has 27 heavy (non-hydrogen) atoms. The molecule has 0 saturated carbocycles. The molecule has 1 saturated heterocycles. The molecule has 6 nitrogen and oxygen atoms in total. The molecule has 0 unspecified atom stereocenters. The van der Waals surface area contributed by atoms with Crippen LogP contribution in [0.4, 0.5) is 0 Å². The molecule has 7 heteroatoms. The number of rotatable bonds is 6. The van der Waals surface area contributed by atoms with Gasteiger partial charge in [0.1, 0.15) is 5.60 Å². The molecule has 0 radical (unpaired) electrons. The average Bonchev–Trinajstić information content (AvgIpc) is 2.67. The van der Waals surface area contributed by atoms with Crippen LogP contribution in [0.1, 0.15) is 17.7 Å². The first-order valence-corrected chi connectivity index (χ1v) is 9.37. The zero-order valence-electron chi connectivity index (χ0n) is 15.0. The van der Waals surface area contributed by atoms with E-state index in [4.69, 9.17) is 11.6 Å². The zero-order valence-corrected chi connectivity index (χ0v) is 15.8. The Labute approximate surface area is 163 Å². The summed E-state index contributed by atoms with van der Waals surface area (Å²) in [7, 11) is 0. The Balaban J connectivity index is 1.57. The highest BCUT2D eigenvalue weighted by Crippen LogP contribution is 2.22. The van der Waals surface area contributed by atoms with Crippen molar-refractivity contribution in [2.45, 2.75) is 31.1 Å². The number of piperidine rings is 1. The number of benzene rings is 1. The minimum atomic E-state index is -1.39. The SMILES string of the molecule is O=C(Cc1ccc(Cl)cc1)N1CC[C@H](O)[C@@](O)(CNCc2ccccn2)C1. The lowest BCUT2D eigenvalue weighted by Crippen LogP contribution is -2.62. The van der Waals surface area contributed by atoms with Crippen LogP contribution in [0, 0.1) is 0 Å². The molecule has 1 aliphatic heterocycles. The molecule has 3 N–H and O–H groups in total. The molecule has 0 spiro atoms. The lowest BCUT2D eigenvalue weighted by Gasteiger charge is -2.42. The number of hydrogen-bond acceptors (Lipinski definition) is 5. The van der Waals surface area contributed by atoms with Crippen LogP contribution in [0.15, 0.2) is 48.7 Å². The van der Waals surface area contributed by atoms with Crippen molar-refractivity contribution in [1.82, 2.24) is 15.2 Å². The fourth-order valence-electron chi connectivity index (χ4n) is 3.25. The van der Waals surface area contributed by atoms with E-state index in [1.165, 1.54) is 0 Å². The molecule has 144 valence electrons. The van der Waals surface area contributed by atoms with Crippen molar-refractivity contribution in [2.75, 3.05) is 19.6 Å². The van der Waals surface area contributed by atoms with E-state index < -0.39 is 11.7 Å². The quantitative estimate of drug-likeness (QED) is 0.695. The fraction of sp³-hybridized carbons (Fsp3) is 0.400. The van der Waals surface area contributed by atoms with Crippen molar-refractivity contribution < 1.29 is 15.0 Å². The van der Waals surface area contributed by atoms with Crippen LogP contribution in [0.25, 0.3) is 0 Å². The molecule has 1 amide bonds. The van der Waals surface area contributed by atoms with Gasteiger partial charge in [0.25, 0.3) is 0 Å². The van der Waals surface area contributed by atoms with Gasteiger partial charge in [0.15, 0.2) is 0 Å². The molecule has 2 atom stereocenters. The largest absolute Gasteiger partial charge is 0.390 e. The topological polar surface area (TPSA) is 85.7 Å². The summed E-state index contributed by atoms with van der Waals surface area (Å²) in [6, 6.07) is 12.8. The van der Waals surface area contributed by atoms with Gasteiger partial charge in [0, 0.05) is 30.9 Å². The van der Waals surface area contributed by atoms with Gasteiger partial charge in [-0.1, -0.05) is 29.8 Å². The Morgan fingerprint density at radius 1 is 1.30 bits per heavy atom. The molecular formula is C20H24ClN3O3. The van der Waals surface area contributed by atoms with E-state index >= 15 is 0 Å². The van der Waals surface area contributed by atoms with Crippen LogP contribution < -0.4 is 5.32 Å². The van der Waals surface area contributed by atoms with Crippen molar-refractivity contribution in [1.29, 1.82) is 0 Å². The van der Waals surface area contributed by atoms with E-state index in [1.54, 1.807) is 23.2 Å². The third kappa shape index (κ3) is 5.26. The summed E-state index contributed by atoms with van der Waals surface area (Å²) in [5.74, 6) is -0.0765. The minimum absolute atomic E-state index is 0.0765. The van der Waals surface area contributed by atoms with Gasteiger partial charge in [0.05, 0.1) is 24.8 Å². The summed E-state index contributed by atoms with van der Waals surface area (Å²) >= 11 is 5.88. The van der Waals surface area contributed by atoms with Gasteiger partial charge in [-0.15, -0.1) is 0 Å². The predicted octanol–water partition coefficient (Wildman–Crippen LogP) is 1.39. The first-order valence-electron chi connectivity index (χ1n) is 8.99. The number of halogens is 1. The Hall–Kier alpha value is -1.99. The number of likely N-dealkylation sites (tertiary alicyclic amines) is 1. The lowest BCUT2D eigenvalue weighted by molar-refractivity contribution is -0.150. The number of aromatic nitrogens is 1. The van der Waals surface area contributed by atoms with Crippen molar-refractivity contribution in [2.24, 2.45) is 0 Å². The van der Waals surface area contributed by atoms with Gasteiger partial charge >= 0.3 is 0 Å². The Bertz CT molecular complexity index is 757. The average molecular weight is 390 g/mol. The normalized spacial score (nSPS) is 22.6. The number of carbonyl (C=O) groups is 1. The summed E-state index contributed by atoms with van der Waals surface area (Å²) in [5.41, 5.74) is 0.331. The van der Waals surface area contributed by atoms with E-state index in [1.807, 2.05) is 30.3 Å². The second-order valence-corrected chi connectivity index (χ2v) is 7.39. The van der Waals surface area contributed by atoms with Crippen molar-refractivity contribution in [3.8, 4) is 0 Å². The maximum atomic E-state index is 12.6. The fourth-order valence-corrected chi connectivity index (χ4v) is 3.37. The molecule has 1 fully saturated rings. The molecule has 1 aromatic heterocycles. The summed E-state index contributed by atoms with van der Waals surface area (Å²) in [4.78, 5) is 18.4. The van der Waals surface area contributed by atoms with Gasteiger partial charge < -0.3 is 20.4 Å². The third-order valence-corrected chi connectivity index (χ3v) is 5.09. The number of hydrogen-bond donors (Lipinski definition) is 3. The highest BCUT2D eigenvalue weighted by molar-refractivity contribution is 6.30. The molecule has 0 bridgehead atoms. The molecule has 2 heterocycles. The van der Waals surface area contributed by atoms with E-state index in [9.17, 15) is 15.0 Å². The van der Waals surface area contributed by atoms with Crippen LogP contribution >= 0.6 is 11.6 Å². The lowest BCUT2D eigenvalue weighted by atomic mass is 9.89. The van der Waals surface area contributed by atoms with Crippen LogP contribution in [-0.2, 0) is 17.8 Å². The number of aliphatic hydroxyl groups excluding tert-OH is 1. The molecule has 1 aliphatic rings. The number of pyridine rings is 1. The van der Waals surface area contributed by atoms with Crippen LogP contribution in [-0.4, -0.2) is 57.3 Å². The van der Waals surface area contributed by atoms with Crippen LogP contribution in [0.2, 0.25) is 5.02 Å². The monoisotopic (exact) mass is 389 g/mol. The first kappa shape index (κ1) is 19.8. The zero-order chi connectivity index (χ0) is 19.3. The standard InChI is InChI=1S/C20H24ClN3O3/c21-16-6-4-15(5-7-16)11-19(26)24-10-8-18(25)20(27,14-24)13-22-12-17-3-1-2-9-23-17/h1-7,9,18,22,25,27H,8,10-14H2/t18-,20+/m0/s1. The highest BCUT2D eigenvalue weighted by Gasteiger charge is 2.42. The number of amides is 1. The number of carbonyl (C=O) groups excluding carboxylic acids is 1. The van der Waals surface area contributed by atoms with Gasteiger partial charge in [-0.25, -0.2) is 0 Å². The summed E-state index contributed by atoms with van der Waals surface area (Å²) in [6.45, 7) is 1.18. The van der Waals surface area contributed by atoms with Gasteiger partial charge in [-0.05, 0) is 36.2 Å². The number of β-amino-alcohol motifs (C(OH)–C–C–N with tert-alkyl or cyclic N) is 1. The Morgan fingerprint density at radius 2 is 2.07 bits per heavy atom. The molecule has 0 aliphatic carbocycles. The second kappa shape index (κ2) is 8.80. The van der Waals surface area contributed by atoms with E-state index in [0.717, 1.165) is 11.3 Å². The first-order chi connectivity index (χ1) is 13.0. The molecule has 2 aromatic rings. The van der Waals surface area contributed by atoms with Crippen molar-refractivity contribution in [3.63, 3.8) is 0 Å². The minimum Gasteiger partial charge on any atom is -0.390 e. The van der Waals surface area contributed by atoms with Gasteiger partial charge in [-0.3, -0.25) is 9.78 Å². The Kier molecular flexibility index (Phi) is 6.44. The van der Waals surface area contributed by atoms with Crippen molar-refractivity contribution >= 4 is 17.5 Å². The summed E-state index contributed by atoms with van der Waals surface area (Å²) < 4.78 is 0. The molecule has 1 aromatic carbocycles. The van der Waals surface area contributed by atoms with Gasteiger partial charge in [0.2, 0.25) is 5.91 Å². The number of nitrogens with one attached hydrogen (secondary N) is 1. The third-order valence-electron chi connectivity index (χ3n) is 4.84. The van der Waals surface area contributed by atoms with Crippen molar-refractivity contribution in [3.05, 3.63) is 64.9 Å². The van der Waals surface area contributed by atoms with E-state index in [-0.39, 0.29) is 25.4 Å². The number of aliphatic hydroxyl groups is 2. The van der Waals surface area contributed by atoms with E-state index in [0.29, 0.717) is 24.5 Å². The Morgan fingerprint density at radius 3 is 2.78 bits per heavy atom. The maximum Gasteiger partial charge on any atom is 0.227 e. The second-order valence-electron chi connectivity index (χ2n) is 6.95. The smallest absolute Gasteiger partial charge is 0.227 e. The highest BCUT2D eigenvalue weighted by atomic mass is 35.5. The van der Waals surface area contributed by atoms with Crippen LogP contribution in [0.5, 0.6) is 0 Å². The number of nitrogens with zero attached hydrogens (tertiary/aromatic N) is 2. The maximum absolute atomic E-state index is 12.6. The molecule has 3 rings (SSSR count). The van der Waals surface area contributed by atoms with E-state index in [2.05, 4.69) is 10.3 Å². The summed E-state index contributed by atoms with van der Waals surface area (Å²) in [5, 5.41) is 24.9. The van der Waals surface area contributed by atoms with Gasteiger partial charge in [-0.2, -0.15) is 0 Å². The predicted molar refractivity (Wildman–Crippen MR) is 103 cm³/mol.